The van der Waals surface area contributed by atoms with Gasteiger partial charge in [0.1, 0.15) is 17.4 Å². The highest BCUT2D eigenvalue weighted by Crippen LogP contribution is 2.30. The van der Waals surface area contributed by atoms with Gasteiger partial charge < -0.3 is 15.1 Å². The largest absolute Gasteiger partial charge is 0.508 e. The number of aliphatic imine (C=N–C) groups is 3. The Morgan fingerprint density at radius 1 is 1.18 bits per heavy atom. The van der Waals surface area contributed by atoms with E-state index in [0.29, 0.717) is 12.7 Å². The second kappa shape index (κ2) is 17.1. The zero-order valence-electron chi connectivity index (χ0n) is 25.7. The minimum atomic E-state index is -0.321. The maximum absolute atomic E-state index is 9.53. The number of hydrogen-bond acceptors (Lipinski definition) is 5. The number of benzene rings is 1. The van der Waals surface area contributed by atoms with Crippen LogP contribution in [0.5, 0.6) is 5.75 Å². The number of phenols is 1. The van der Waals surface area contributed by atoms with Crippen molar-refractivity contribution in [2.45, 2.75) is 104 Å². The number of aromatic hydroxyl groups is 1. The Kier molecular flexibility index (Phi) is 14.3. The van der Waals surface area contributed by atoms with Gasteiger partial charge >= 0.3 is 0 Å². The second-order valence-electron chi connectivity index (χ2n) is 11.5. The maximum Gasteiger partial charge on any atom is 0.136 e. The van der Waals surface area contributed by atoms with Gasteiger partial charge in [0.15, 0.2) is 0 Å². The van der Waals surface area contributed by atoms with E-state index in [1.54, 1.807) is 12.1 Å². The number of unbranched alkanes of at least 4 members (excludes halogenated alkanes) is 2. The lowest BCUT2D eigenvalue weighted by Gasteiger charge is -2.38. The van der Waals surface area contributed by atoms with Crippen molar-refractivity contribution in [1.82, 2.24) is 10.2 Å². The maximum atomic E-state index is 9.53. The van der Waals surface area contributed by atoms with Crippen molar-refractivity contribution >= 4 is 18.0 Å². The zero-order valence-corrected chi connectivity index (χ0v) is 25.7. The summed E-state index contributed by atoms with van der Waals surface area (Å²) in [7, 11) is 0. The van der Waals surface area contributed by atoms with Gasteiger partial charge in [-0.05, 0) is 77.5 Å². The van der Waals surface area contributed by atoms with Crippen molar-refractivity contribution < 1.29 is 10.2 Å². The number of hydrogen-bond donors (Lipinski definition) is 3. The lowest BCUT2D eigenvalue weighted by atomic mass is 9.85. The number of phenolic OH excluding ortho intramolecular Hbond substituents is 1. The number of nitrogens with zero attached hydrogens (tertiary/aromatic N) is 4. The van der Waals surface area contributed by atoms with Crippen LogP contribution in [0.2, 0.25) is 0 Å². The van der Waals surface area contributed by atoms with Crippen LogP contribution < -0.4 is 5.32 Å². The van der Waals surface area contributed by atoms with E-state index in [1.165, 1.54) is 5.56 Å². The SMILES string of the molecule is C/C=C/C=C\C(C)(CC)C(=N/CNCCc1ccc(O)cc1)/N=C1\CC(C)(C)N=CN1C(CC)CCCCCO. The Balaban J connectivity index is 2.35. The molecule has 1 aromatic carbocycles. The normalized spacial score (nSPS) is 19.1. The van der Waals surface area contributed by atoms with Crippen LogP contribution in [0.3, 0.4) is 0 Å². The third-order valence-corrected chi connectivity index (χ3v) is 7.60. The molecule has 7 heteroatoms. The van der Waals surface area contributed by atoms with Crippen LogP contribution in [0.4, 0.5) is 0 Å². The number of rotatable bonds is 16. The van der Waals surface area contributed by atoms with Crippen molar-refractivity contribution in [2.75, 3.05) is 19.8 Å². The van der Waals surface area contributed by atoms with Crippen molar-refractivity contribution in [2.24, 2.45) is 20.4 Å². The Morgan fingerprint density at radius 3 is 2.58 bits per heavy atom. The summed E-state index contributed by atoms with van der Waals surface area (Å²) in [6.45, 7) is 14.5. The predicted molar refractivity (Wildman–Crippen MR) is 171 cm³/mol. The molecule has 0 spiro atoms. The average Bonchev–Trinajstić information content (AvgIpc) is 2.93. The van der Waals surface area contributed by atoms with E-state index in [0.717, 1.165) is 69.6 Å². The van der Waals surface area contributed by atoms with E-state index < -0.39 is 0 Å². The predicted octanol–water partition coefficient (Wildman–Crippen LogP) is 6.67. The fourth-order valence-corrected chi connectivity index (χ4v) is 4.72. The molecule has 0 bridgehead atoms. The standard InChI is InChI=1S/C33H53N5O2/c1-7-10-13-21-33(6,9-3)31(35-25-34-22-20-27-16-18-29(40)19-17-27)37-30-24-32(4,5)36-26-38(30)28(8-2)15-12-11-14-23-39/h7,10,13,16-19,21,26,28,34,39-40H,8-9,11-12,14-15,20,22-25H2,1-6H3/b10-7+,21-13-,35-31-,37-30+. The molecule has 222 valence electrons. The van der Waals surface area contributed by atoms with Crippen LogP contribution in [0, 0.1) is 5.41 Å². The van der Waals surface area contributed by atoms with Gasteiger partial charge in [-0.2, -0.15) is 0 Å². The lowest BCUT2D eigenvalue weighted by molar-refractivity contribution is 0.278. The quantitative estimate of drug-likeness (QED) is 0.0926. The Hall–Kier alpha value is -2.77. The van der Waals surface area contributed by atoms with Gasteiger partial charge in [0.2, 0.25) is 0 Å². The summed E-state index contributed by atoms with van der Waals surface area (Å²) in [5, 5.41) is 22.2. The highest BCUT2D eigenvalue weighted by molar-refractivity contribution is 6.05. The first-order chi connectivity index (χ1) is 19.2. The third-order valence-electron chi connectivity index (χ3n) is 7.60. The van der Waals surface area contributed by atoms with Gasteiger partial charge in [0.05, 0.1) is 18.5 Å². The van der Waals surface area contributed by atoms with Gasteiger partial charge in [-0.25, -0.2) is 4.99 Å². The van der Waals surface area contributed by atoms with Gasteiger partial charge in [-0.1, -0.05) is 63.1 Å². The molecule has 0 radical (unpaired) electrons. The van der Waals surface area contributed by atoms with Crippen molar-refractivity contribution in [3.05, 3.63) is 54.1 Å². The highest BCUT2D eigenvalue weighted by atomic mass is 16.3. The van der Waals surface area contributed by atoms with E-state index in [-0.39, 0.29) is 23.3 Å². The van der Waals surface area contributed by atoms with Gasteiger partial charge in [0, 0.05) is 31.0 Å². The Bertz CT molecular complexity index is 1030. The molecule has 1 heterocycles. The summed E-state index contributed by atoms with van der Waals surface area (Å²) < 4.78 is 0. The van der Waals surface area contributed by atoms with Crippen molar-refractivity contribution in [3.63, 3.8) is 0 Å². The van der Waals surface area contributed by atoms with Crippen LogP contribution >= 0.6 is 0 Å². The molecule has 2 rings (SSSR count). The molecule has 7 nitrogen and oxygen atoms in total. The molecule has 1 aromatic rings. The molecule has 1 aliphatic heterocycles. The topological polar surface area (TPSA) is 92.8 Å². The smallest absolute Gasteiger partial charge is 0.136 e. The van der Waals surface area contributed by atoms with Crippen LogP contribution in [-0.2, 0) is 6.42 Å². The molecule has 0 aliphatic carbocycles. The number of nitrogens with one attached hydrogen (secondary N) is 1. The molecule has 0 fully saturated rings. The molecule has 1 aliphatic rings. The van der Waals surface area contributed by atoms with Gasteiger partial charge in [0.25, 0.3) is 0 Å². The van der Waals surface area contributed by atoms with Crippen molar-refractivity contribution in [1.29, 1.82) is 0 Å². The fraction of sp³-hybridized carbons (Fsp3) is 0.606. The molecule has 0 saturated heterocycles. The number of aliphatic hydroxyl groups excluding tert-OH is 1. The second-order valence-corrected chi connectivity index (χ2v) is 11.5. The number of amidine groups is 2. The highest BCUT2D eigenvalue weighted by Gasteiger charge is 2.33. The molecule has 0 aromatic heterocycles. The summed E-state index contributed by atoms with van der Waals surface area (Å²) in [6.07, 6.45) is 17.9. The van der Waals surface area contributed by atoms with Gasteiger partial charge in [-0.3, -0.25) is 15.3 Å². The molecule has 3 N–H and O–H groups in total. The molecule has 0 saturated carbocycles. The summed E-state index contributed by atoms with van der Waals surface area (Å²) in [5.41, 5.74) is 0.631. The van der Waals surface area contributed by atoms with E-state index in [4.69, 9.17) is 15.0 Å². The first kappa shape index (κ1) is 33.4. The van der Waals surface area contributed by atoms with Crippen LogP contribution in [0.15, 0.2) is 63.5 Å². The zero-order chi connectivity index (χ0) is 29.4. The van der Waals surface area contributed by atoms with E-state index >= 15 is 0 Å². The lowest BCUT2D eigenvalue weighted by Crippen LogP contribution is -2.47. The monoisotopic (exact) mass is 551 g/mol. The first-order valence-electron chi connectivity index (χ1n) is 15.0. The Morgan fingerprint density at radius 2 is 1.93 bits per heavy atom. The van der Waals surface area contributed by atoms with Crippen LogP contribution in [0.25, 0.3) is 0 Å². The minimum absolute atomic E-state index is 0.221. The summed E-state index contributed by atoms with van der Waals surface area (Å²) in [4.78, 5) is 17.5. The van der Waals surface area contributed by atoms with Crippen molar-refractivity contribution in [3.8, 4) is 5.75 Å². The molecule has 2 unspecified atom stereocenters. The minimum Gasteiger partial charge on any atom is -0.508 e. The molecule has 2 atom stereocenters. The van der Waals surface area contributed by atoms with Crippen LogP contribution in [0.1, 0.15) is 92.1 Å². The van der Waals surface area contributed by atoms with Gasteiger partial charge in [-0.15, -0.1) is 0 Å². The number of allylic oxidation sites excluding steroid dienone is 3. The number of aliphatic hydroxyl groups is 1. The van der Waals surface area contributed by atoms with E-state index in [2.05, 4.69) is 63.1 Å². The molecule has 40 heavy (non-hydrogen) atoms. The van der Waals surface area contributed by atoms with Crippen LogP contribution in [-0.4, -0.2) is 64.5 Å². The summed E-state index contributed by atoms with van der Waals surface area (Å²) in [6, 6.07) is 7.66. The molecular formula is C33H53N5O2. The molecular weight excluding hydrogens is 498 g/mol. The van der Waals surface area contributed by atoms with E-state index in [1.807, 2.05) is 31.5 Å². The third kappa shape index (κ3) is 11.0. The fourth-order valence-electron chi connectivity index (χ4n) is 4.72. The first-order valence-corrected chi connectivity index (χ1v) is 15.0. The summed E-state index contributed by atoms with van der Waals surface area (Å²) in [5.74, 6) is 2.14. The molecule has 0 amide bonds. The Labute approximate surface area is 242 Å². The summed E-state index contributed by atoms with van der Waals surface area (Å²) >= 11 is 0. The average molecular weight is 552 g/mol. The van der Waals surface area contributed by atoms with E-state index in [9.17, 15) is 10.2 Å².